The Morgan fingerprint density at radius 2 is 2.00 bits per heavy atom. The van der Waals surface area contributed by atoms with Crippen molar-refractivity contribution in [1.29, 1.82) is 0 Å². The van der Waals surface area contributed by atoms with E-state index in [1.807, 2.05) is 31.2 Å². The second kappa shape index (κ2) is 7.68. The minimum Gasteiger partial charge on any atom is -0.484 e. The van der Waals surface area contributed by atoms with E-state index < -0.39 is 0 Å². The monoisotopic (exact) mass is 397 g/mol. The lowest BCUT2D eigenvalue weighted by Crippen LogP contribution is -2.31. The van der Waals surface area contributed by atoms with Crippen LogP contribution in [0.1, 0.15) is 36.1 Å². The van der Waals surface area contributed by atoms with Crippen molar-refractivity contribution in [3.05, 3.63) is 74.6 Å². The summed E-state index contributed by atoms with van der Waals surface area (Å²) in [4.78, 5) is 24.3. The first-order chi connectivity index (χ1) is 13.5. The predicted molar refractivity (Wildman–Crippen MR) is 108 cm³/mol. The minimum atomic E-state index is -0.275. The second-order valence-corrected chi connectivity index (χ2v) is 7.36. The quantitative estimate of drug-likeness (QED) is 0.655. The first-order valence-corrected chi connectivity index (χ1v) is 9.66. The zero-order valence-electron chi connectivity index (χ0n) is 15.5. The summed E-state index contributed by atoms with van der Waals surface area (Å²) in [5.41, 5.74) is 2.92. The Kier molecular flexibility index (Phi) is 5.09. The van der Waals surface area contributed by atoms with Gasteiger partial charge in [-0.1, -0.05) is 29.8 Å². The average molecular weight is 398 g/mol. The maximum atomic E-state index is 12.2. The number of hydrogen-bond donors (Lipinski definition) is 1. The molecule has 0 spiro atoms. The van der Waals surface area contributed by atoms with Crippen molar-refractivity contribution in [2.24, 2.45) is 0 Å². The molecule has 0 saturated heterocycles. The third kappa shape index (κ3) is 3.62. The SMILES string of the molecule is C[C@@H](NC(=O)COc1ccc2c3c(c(=O)oc2c1)CCC3)c1ccccc1Cl. The Morgan fingerprint density at radius 1 is 1.21 bits per heavy atom. The zero-order valence-corrected chi connectivity index (χ0v) is 16.2. The van der Waals surface area contributed by atoms with Gasteiger partial charge in [-0.3, -0.25) is 4.79 Å². The third-order valence-electron chi connectivity index (χ3n) is 5.06. The lowest BCUT2D eigenvalue weighted by Gasteiger charge is -2.16. The molecule has 1 aliphatic rings. The van der Waals surface area contributed by atoms with Crippen molar-refractivity contribution in [1.82, 2.24) is 5.32 Å². The highest BCUT2D eigenvalue weighted by molar-refractivity contribution is 6.31. The van der Waals surface area contributed by atoms with Gasteiger partial charge in [-0.25, -0.2) is 4.79 Å². The molecule has 1 aliphatic carbocycles. The number of rotatable bonds is 5. The van der Waals surface area contributed by atoms with Crippen molar-refractivity contribution < 1.29 is 13.9 Å². The summed E-state index contributed by atoms with van der Waals surface area (Å²) >= 11 is 6.17. The van der Waals surface area contributed by atoms with Gasteiger partial charge in [0.25, 0.3) is 5.91 Å². The van der Waals surface area contributed by atoms with Crippen LogP contribution in [0.5, 0.6) is 5.75 Å². The molecule has 0 bridgehead atoms. The van der Waals surface area contributed by atoms with Crippen LogP contribution in [0.15, 0.2) is 51.7 Å². The molecule has 1 aromatic heterocycles. The van der Waals surface area contributed by atoms with Gasteiger partial charge < -0.3 is 14.5 Å². The highest BCUT2D eigenvalue weighted by Crippen LogP contribution is 2.29. The summed E-state index contributed by atoms with van der Waals surface area (Å²) in [6, 6.07) is 12.5. The molecule has 6 heteroatoms. The Hall–Kier alpha value is -2.79. The Balaban J connectivity index is 1.44. The lowest BCUT2D eigenvalue weighted by molar-refractivity contribution is -0.123. The molecule has 0 aliphatic heterocycles. The molecule has 0 unspecified atom stereocenters. The molecular weight excluding hydrogens is 378 g/mol. The summed E-state index contributed by atoms with van der Waals surface area (Å²) in [6.45, 7) is 1.72. The molecule has 1 heterocycles. The molecule has 0 saturated carbocycles. The van der Waals surface area contributed by atoms with Crippen LogP contribution in [0, 0.1) is 0 Å². The van der Waals surface area contributed by atoms with Gasteiger partial charge in [0.1, 0.15) is 11.3 Å². The number of nitrogens with one attached hydrogen (secondary N) is 1. The van der Waals surface area contributed by atoms with Gasteiger partial charge in [-0.2, -0.15) is 0 Å². The van der Waals surface area contributed by atoms with Crippen molar-refractivity contribution >= 4 is 28.5 Å². The fourth-order valence-electron chi connectivity index (χ4n) is 3.69. The summed E-state index contributed by atoms with van der Waals surface area (Å²) < 4.78 is 11.0. The van der Waals surface area contributed by atoms with Crippen molar-refractivity contribution in [3.63, 3.8) is 0 Å². The summed E-state index contributed by atoms with van der Waals surface area (Å²) in [5, 5.41) is 4.41. The standard InChI is InChI=1S/C22H20ClNO4/c1-13(15-5-2-3-8-19(15)23)24-21(25)12-27-14-9-10-17-16-6-4-7-18(16)22(26)28-20(17)11-14/h2-3,5,8-11,13H,4,6-7,12H2,1H3,(H,24,25)/t13-/m1/s1. The van der Waals surface area contributed by atoms with Crippen LogP contribution in [-0.4, -0.2) is 12.5 Å². The summed E-state index contributed by atoms with van der Waals surface area (Å²) in [7, 11) is 0. The molecule has 0 fully saturated rings. The third-order valence-corrected chi connectivity index (χ3v) is 5.41. The van der Waals surface area contributed by atoms with Crippen molar-refractivity contribution in [2.45, 2.75) is 32.2 Å². The number of hydrogen-bond acceptors (Lipinski definition) is 4. The molecule has 1 atom stereocenters. The predicted octanol–water partition coefficient (Wildman–Crippen LogP) is 4.19. The zero-order chi connectivity index (χ0) is 19.7. The summed E-state index contributed by atoms with van der Waals surface area (Å²) in [6.07, 6.45) is 2.64. The first kappa shape index (κ1) is 18.6. The Labute approximate surface area is 167 Å². The number of carbonyl (C=O) groups is 1. The molecule has 1 N–H and O–H groups in total. The van der Waals surface area contributed by atoms with E-state index in [2.05, 4.69) is 5.32 Å². The van der Waals surface area contributed by atoms with E-state index in [0.29, 0.717) is 16.4 Å². The van der Waals surface area contributed by atoms with Crippen LogP contribution < -0.4 is 15.7 Å². The van der Waals surface area contributed by atoms with E-state index in [-0.39, 0.29) is 24.2 Å². The van der Waals surface area contributed by atoms with E-state index in [1.165, 1.54) is 0 Å². The molecular formula is C22H20ClNO4. The topological polar surface area (TPSA) is 68.5 Å². The van der Waals surface area contributed by atoms with Gasteiger partial charge in [0.05, 0.1) is 6.04 Å². The fraction of sp³-hybridized carbons (Fsp3) is 0.273. The number of aryl methyl sites for hydroxylation is 1. The maximum Gasteiger partial charge on any atom is 0.339 e. The van der Waals surface area contributed by atoms with Gasteiger partial charge >= 0.3 is 5.63 Å². The maximum absolute atomic E-state index is 12.2. The van der Waals surface area contributed by atoms with Gasteiger partial charge in [0.2, 0.25) is 0 Å². The Morgan fingerprint density at radius 3 is 2.82 bits per heavy atom. The number of halogens is 1. The van der Waals surface area contributed by atoms with E-state index in [9.17, 15) is 9.59 Å². The second-order valence-electron chi connectivity index (χ2n) is 6.96. The highest BCUT2D eigenvalue weighted by atomic mass is 35.5. The van der Waals surface area contributed by atoms with Gasteiger partial charge in [-0.15, -0.1) is 0 Å². The Bertz CT molecular complexity index is 1110. The van der Waals surface area contributed by atoms with Crippen LogP contribution in [0.2, 0.25) is 5.02 Å². The molecule has 28 heavy (non-hydrogen) atoms. The van der Waals surface area contributed by atoms with Gasteiger partial charge in [0, 0.05) is 22.0 Å². The van der Waals surface area contributed by atoms with Crippen molar-refractivity contribution in [3.8, 4) is 5.75 Å². The van der Waals surface area contributed by atoms with E-state index in [0.717, 1.165) is 41.3 Å². The highest BCUT2D eigenvalue weighted by Gasteiger charge is 2.20. The number of fused-ring (bicyclic) bond motifs is 3. The molecule has 144 valence electrons. The molecule has 5 nitrogen and oxygen atoms in total. The van der Waals surface area contributed by atoms with Gasteiger partial charge in [0.15, 0.2) is 6.61 Å². The van der Waals surface area contributed by atoms with Gasteiger partial charge in [-0.05, 0) is 55.5 Å². The molecule has 2 aromatic carbocycles. The van der Waals surface area contributed by atoms with Crippen molar-refractivity contribution in [2.75, 3.05) is 6.61 Å². The molecule has 3 aromatic rings. The minimum absolute atomic E-state index is 0.143. The van der Waals surface area contributed by atoms with E-state index in [4.69, 9.17) is 20.8 Å². The fourth-order valence-corrected chi connectivity index (χ4v) is 3.99. The van der Waals surface area contributed by atoms with E-state index in [1.54, 1.807) is 18.2 Å². The largest absolute Gasteiger partial charge is 0.484 e. The lowest BCUT2D eigenvalue weighted by atomic mass is 10.1. The van der Waals surface area contributed by atoms with Crippen LogP contribution in [0.25, 0.3) is 11.0 Å². The molecule has 0 radical (unpaired) electrons. The number of amides is 1. The average Bonchev–Trinajstić information content (AvgIpc) is 3.17. The molecule has 1 amide bonds. The summed E-state index contributed by atoms with van der Waals surface area (Å²) in [5.74, 6) is 0.220. The normalized spacial score (nSPS) is 13.9. The van der Waals surface area contributed by atoms with Crippen LogP contribution in [0.4, 0.5) is 0 Å². The number of ether oxygens (including phenoxy) is 1. The van der Waals surface area contributed by atoms with Crippen LogP contribution in [-0.2, 0) is 17.6 Å². The number of carbonyl (C=O) groups excluding carboxylic acids is 1. The number of benzene rings is 2. The molecule has 4 rings (SSSR count). The van der Waals surface area contributed by atoms with E-state index >= 15 is 0 Å². The first-order valence-electron chi connectivity index (χ1n) is 9.28. The smallest absolute Gasteiger partial charge is 0.339 e. The van der Waals surface area contributed by atoms with Crippen LogP contribution >= 0.6 is 11.6 Å². The van der Waals surface area contributed by atoms with Crippen LogP contribution in [0.3, 0.4) is 0 Å².